The number of nitrogens with zero attached hydrogens (tertiary/aromatic N) is 4. The number of fused-ring (bicyclic) bond motifs is 2. The maximum atomic E-state index is 13.9. The van der Waals surface area contributed by atoms with Crippen LogP contribution in [0.25, 0.3) is 23.3 Å². The molecule has 0 saturated carbocycles. The Kier molecular flexibility index (Phi) is 30.4. The van der Waals surface area contributed by atoms with Gasteiger partial charge in [0.25, 0.3) is 23.6 Å². The summed E-state index contributed by atoms with van der Waals surface area (Å²) >= 11 is 5.73. The normalized spacial score (nSPS) is 13.2. The van der Waals surface area contributed by atoms with Crippen molar-refractivity contribution in [2.45, 2.75) is 134 Å². The van der Waals surface area contributed by atoms with Gasteiger partial charge in [-0.05, 0) is 192 Å². The van der Waals surface area contributed by atoms with E-state index in [9.17, 15) is 47.1 Å². The van der Waals surface area contributed by atoms with E-state index < -0.39 is 58.3 Å². The van der Waals surface area contributed by atoms with Crippen LogP contribution in [0, 0.1) is 39.3 Å². The van der Waals surface area contributed by atoms with Crippen LogP contribution in [-0.2, 0) is 23.8 Å². The van der Waals surface area contributed by atoms with E-state index >= 15 is 0 Å². The van der Waals surface area contributed by atoms with Gasteiger partial charge in [-0.25, -0.2) is 28.1 Å². The molecule has 0 radical (unpaired) electrons. The molecule has 2 aliphatic rings. The Hall–Kier alpha value is -7.64. The van der Waals surface area contributed by atoms with Crippen molar-refractivity contribution in [2.24, 2.45) is 0 Å². The van der Waals surface area contributed by atoms with Crippen LogP contribution in [-0.4, -0.2) is 172 Å². The molecule has 0 unspecified atom stereocenters. The third-order valence-electron chi connectivity index (χ3n) is 14.2. The molecule has 2 aromatic heterocycles. The third kappa shape index (κ3) is 22.7. The fraction of sp³-hybridized carbons (Fsp3) is 0.500. The Morgan fingerprint density at radius 2 is 0.989 bits per heavy atom. The molecule has 26 heteroatoms. The van der Waals surface area contributed by atoms with Crippen molar-refractivity contribution in [3.63, 3.8) is 0 Å². The highest BCUT2D eigenvalue weighted by Crippen LogP contribution is 2.36. The van der Waals surface area contributed by atoms with E-state index in [4.69, 9.17) is 30.9 Å². The fourth-order valence-corrected chi connectivity index (χ4v) is 9.62. The Labute approximate surface area is 537 Å². The Balaban J connectivity index is 0.000000401. The van der Waals surface area contributed by atoms with E-state index in [1.54, 1.807) is 60.6 Å². The Morgan fingerprint density at radius 3 is 1.37 bits per heavy atom. The number of hydrogen-bond donors (Lipinski definition) is 7. The molecular formula is C64H90Cl2F2N10O12. The van der Waals surface area contributed by atoms with E-state index in [1.807, 2.05) is 48.5 Å². The molecule has 0 aliphatic carbocycles. The number of halogens is 4. The average Bonchev–Trinajstić information content (AvgIpc) is 1.81. The zero-order chi connectivity index (χ0) is 66.5. The topological polar surface area (TPSA) is 277 Å². The number of nitrogens with one attached hydrogen (secondary N) is 6. The van der Waals surface area contributed by atoms with Crippen molar-refractivity contribution in [1.29, 1.82) is 0 Å². The van der Waals surface area contributed by atoms with E-state index in [0.717, 1.165) is 42.4 Å². The molecule has 0 bridgehead atoms. The molecule has 6 rings (SSSR count). The number of aliphatic hydroxyl groups is 1. The van der Waals surface area contributed by atoms with Crippen molar-refractivity contribution in [3.05, 3.63) is 104 Å². The van der Waals surface area contributed by atoms with Crippen LogP contribution in [0.4, 0.5) is 39.3 Å². The van der Waals surface area contributed by atoms with Gasteiger partial charge in [-0.2, -0.15) is 0 Å². The number of ether oxygens (including phenoxy) is 3. The van der Waals surface area contributed by atoms with Crippen LogP contribution in [0.1, 0.15) is 161 Å². The van der Waals surface area contributed by atoms with Crippen molar-refractivity contribution in [2.75, 3.05) is 89.3 Å². The lowest BCUT2D eigenvalue weighted by Gasteiger charge is -2.25. The van der Waals surface area contributed by atoms with Gasteiger partial charge in [-0.3, -0.25) is 28.9 Å². The summed E-state index contributed by atoms with van der Waals surface area (Å²) in [6.45, 7) is 31.2. The number of aliphatic hydroxyl groups excluding tert-OH is 1. The molecule has 8 amide bonds. The minimum atomic E-state index is -0.846. The predicted molar refractivity (Wildman–Crippen MR) is 348 cm³/mol. The Morgan fingerprint density at radius 1 is 0.600 bits per heavy atom. The van der Waals surface area contributed by atoms with Gasteiger partial charge in [-0.1, -0.05) is 27.7 Å². The lowest BCUT2D eigenvalue weighted by molar-refractivity contribution is -0.111. The summed E-state index contributed by atoms with van der Waals surface area (Å²) in [5, 5.41) is 18.3. The molecule has 496 valence electrons. The number of anilines is 2. The minimum absolute atomic E-state index is 0. The smallest absolute Gasteiger partial charge is 0.416 e. The molecule has 0 fully saturated rings. The summed E-state index contributed by atoms with van der Waals surface area (Å²) in [7, 11) is 0. The first-order chi connectivity index (χ1) is 41.9. The first-order valence-electron chi connectivity index (χ1n) is 29.9. The van der Waals surface area contributed by atoms with Crippen LogP contribution in [0.15, 0.2) is 36.4 Å². The van der Waals surface area contributed by atoms with Gasteiger partial charge in [-0.15, -0.1) is 12.4 Å². The molecule has 4 heterocycles. The van der Waals surface area contributed by atoms with E-state index in [0.29, 0.717) is 113 Å². The number of carbonyl (C=O) groups is 8. The first kappa shape index (κ1) is 76.6. The van der Waals surface area contributed by atoms with Crippen LogP contribution < -0.4 is 21.3 Å². The number of unbranched alkanes of at least 4 members (excludes halogenated alkanes) is 2. The number of amides is 8. The van der Waals surface area contributed by atoms with Crippen LogP contribution in [0.2, 0.25) is 0 Å². The summed E-state index contributed by atoms with van der Waals surface area (Å²) < 4.78 is 43.4. The van der Waals surface area contributed by atoms with Gasteiger partial charge in [0.05, 0.1) is 28.9 Å². The number of imide groups is 2. The molecule has 2 aliphatic heterocycles. The Bertz CT molecular complexity index is 3230. The number of H-pyrrole nitrogens is 2. The highest BCUT2D eigenvalue weighted by atomic mass is 35.5. The van der Waals surface area contributed by atoms with Crippen LogP contribution in [0.5, 0.6) is 0 Å². The SMILES string of the molecule is CC(C)(C)OC(=O)NCCCCO.CCN(CC)CCN(C(=O)Cl)C(=O)c1c(C)[nH]c(/C=C2\C(=O)Nc3ccc(F)cc32)c1C.CCN(CC)CCN(C(=O)OCCCCNC(=O)OC(C)(C)C)C(=O)c1c(C)[nH]c(/C=C2\C(=O)Nc3ccc(F)cc32)c1C.Cl. The largest absolute Gasteiger partial charge is 0.449 e. The summed E-state index contributed by atoms with van der Waals surface area (Å²) in [6, 6.07) is 8.13. The lowest BCUT2D eigenvalue weighted by Crippen LogP contribution is -2.43. The number of aryl methyl sites for hydroxylation is 2. The molecule has 0 atom stereocenters. The minimum Gasteiger partial charge on any atom is -0.449 e. The molecule has 7 N–H and O–H groups in total. The zero-order valence-corrected chi connectivity index (χ0v) is 55.8. The number of hydrogen-bond acceptors (Lipinski definition) is 14. The van der Waals surface area contributed by atoms with Gasteiger partial charge in [0.15, 0.2) is 0 Å². The van der Waals surface area contributed by atoms with Crippen molar-refractivity contribution >= 4 is 106 Å². The van der Waals surface area contributed by atoms with Crippen molar-refractivity contribution < 1.29 is 66.5 Å². The lowest BCUT2D eigenvalue weighted by atomic mass is 10.0. The summed E-state index contributed by atoms with van der Waals surface area (Å²) in [5.74, 6) is -2.69. The number of carbonyl (C=O) groups excluding carboxylic acids is 8. The number of alkyl carbamates (subject to hydrolysis) is 2. The van der Waals surface area contributed by atoms with Crippen molar-refractivity contribution in [3.8, 4) is 0 Å². The first-order valence-corrected chi connectivity index (χ1v) is 30.3. The molecule has 0 spiro atoms. The summed E-state index contributed by atoms with van der Waals surface area (Å²) in [6.07, 6.45) is 4.00. The quantitative estimate of drug-likeness (QED) is 0.0120. The van der Waals surface area contributed by atoms with Gasteiger partial charge in [0.1, 0.15) is 22.8 Å². The molecule has 4 aromatic rings. The summed E-state index contributed by atoms with van der Waals surface area (Å²) in [5.41, 5.74) is 5.26. The second-order valence-corrected chi connectivity index (χ2v) is 23.4. The number of likely N-dealkylation sites (N-methyl/N-ethyl adjacent to an activating group) is 2. The molecular weight excluding hydrogens is 1210 g/mol. The number of benzene rings is 2. The molecule has 22 nitrogen and oxygen atoms in total. The standard InChI is InChI=1S/C32H44FN5O6.C23H26ClFN4O3.C9H19NO3.ClH/c1-8-37(9-2)15-16-38(31(42)43-17-11-10-14-34-30(41)44-32(5,6)7)29(40)27-20(3)26(35-21(27)4)19-24-23-18-22(33)12-13-25(23)36-28(24)39;1-5-28(6-2)9-10-29(23(24)32)22(31)20-13(3)19(26-14(20)4)12-17-16-11-15(25)7-8-18(16)27-21(17)30;1-9(2,3)13-8(12)10-6-4-5-7-11;/h12-13,18-19,35H,8-11,14-17H2,1-7H3,(H,34,41)(H,36,39);7-8,11-12,26H,5-6,9-10H2,1-4H3,(H,27,30);11H,4-7H2,1-3H3,(H,10,12);1H/b24-19-;17-12-;;. The number of rotatable bonds is 23. The van der Waals surface area contributed by atoms with Crippen molar-refractivity contribution in [1.82, 2.24) is 40.2 Å². The highest BCUT2D eigenvalue weighted by molar-refractivity contribution is 6.64. The molecule has 2 aromatic carbocycles. The van der Waals surface area contributed by atoms with Gasteiger partial charge < -0.3 is 60.4 Å². The average molecular weight is 1300 g/mol. The predicted octanol–water partition coefficient (Wildman–Crippen LogP) is 11.6. The number of aromatic amines is 2. The second kappa shape index (κ2) is 35.7. The van der Waals surface area contributed by atoms with Gasteiger partial charge >= 0.3 is 23.6 Å². The monoisotopic (exact) mass is 1300 g/mol. The zero-order valence-electron chi connectivity index (χ0n) is 54.2. The van der Waals surface area contributed by atoms with Crippen LogP contribution >= 0.6 is 24.0 Å². The second-order valence-electron chi connectivity index (χ2n) is 23.1. The van der Waals surface area contributed by atoms with Crippen LogP contribution in [0.3, 0.4) is 0 Å². The maximum absolute atomic E-state index is 13.9. The van der Waals surface area contributed by atoms with Gasteiger partial charge in [0.2, 0.25) is 0 Å². The van der Waals surface area contributed by atoms with E-state index in [2.05, 4.69) is 41.0 Å². The maximum Gasteiger partial charge on any atom is 0.416 e. The fourth-order valence-electron chi connectivity index (χ4n) is 9.46. The summed E-state index contributed by atoms with van der Waals surface area (Å²) in [4.78, 5) is 113. The molecule has 0 saturated heterocycles. The van der Waals surface area contributed by atoms with Gasteiger partial charge in [0, 0.05) is 91.2 Å². The highest BCUT2D eigenvalue weighted by Gasteiger charge is 2.32. The van der Waals surface area contributed by atoms with E-state index in [1.165, 1.54) is 36.4 Å². The number of aromatic nitrogens is 2. The third-order valence-corrected chi connectivity index (χ3v) is 14.4. The molecule has 90 heavy (non-hydrogen) atoms. The van der Waals surface area contributed by atoms with E-state index in [-0.39, 0.29) is 61.7 Å².